The third kappa shape index (κ3) is 3.94. The van der Waals surface area contributed by atoms with Gasteiger partial charge in [-0.1, -0.05) is 17.7 Å². The molecule has 1 fully saturated rings. The minimum Gasteiger partial charge on any atom is -0.496 e. The summed E-state index contributed by atoms with van der Waals surface area (Å²) in [4.78, 5) is 17.9. The lowest BCUT2D eigenvalue weighted by molar-refractivity contribution is -0.143. The zero-order valence-corrected chi connectivity index (χ0v) is 14.8. The number of halogens is 1. The van der Waals surface area contributed by atoms with Crippen LogP contribution in [0.5, 0.6) is 5.75 Å². The molecule has 1 aliphatic heterocycles. The van der Waals surface area contributed by atoms with Gasteiger partial charge in [0, 0.05) is 29.5 Å². The first-order chi connectivity index (χ1) is 12.1. The number of methoxy groups -OCH3 is 1. The van der Waals surface area contributed by atoms with Gasteiger partial charge in [-0.15, -0.1) is 0 Å². The molecule has 0 amide bonds. The van der Waals surface area contributed by atoms with E-state index < -0.39 is 5.97 Å². The van der Waals surface area contributed by atoms with Crippen LogP contribution in [-0.4, -0.2) is 41.2 Å². The smallest absolute Gasteiger partial charge is 0.307 e. The van der Waals surface area contributed by atoms with E-state index in [1.54, 1.807) is 19.4 Å². The van der Waals surface area contributed by atoms with Crippen LogP contribution >= 0.6 is 11.6 Å². The molecule has 1 saturated heterocycles. The minimum absolute atomic E-state index is 0.149. The highest BCUT2D eigenvalue weighted by atomic mass is 35.5. The molecule has 25 heavy (non-hydrogen) atoms. The molecule has 2 atom stereocenters. The topological polar surface area (TPSA) is 62.7 Å². The van der Waals surface area contributed by atoms with Gasteiger partial charge in [0.05, 0.1) is 19.1 Å². The van der Waals surface area contributed by atoms with E-state index in [1.165, 1.54) is 0 Å². The van der Waals surface area contributed by atoms with Crippen LogP contribution in [0.15, 0.2) is 42.7 Å². The van der Waals surface area contributed by atoms with Crippen LogP contribution in [-0.2, 0) is 4.79 Å². The van der Waals surface area contributed by atoms with E-state index in [0.717, 1.165) is 29.8 Å². The van der Waals surface area contributed by atoms with Crippen LogP contribution < -0.4 is 4.74 Å². The summed E-state index contributed by atoms with van der Waals surface area (Å²) in [6.45, 7) is 1.31. The van der Waals surface area contributed by atoms with Crippen molar-refractivity contribution in [3.8, 4) is 5.75 Å². The molecule has 5 nitrogen and oxygen atoms in total. The van der Waals surface area contributed by atoms with Gasteiger partial charge in [-0.05, 0) is 49.2 Å². The van der Waals surface area contributed by atoms with Crippen molar-refractivity contribution in [1.29, 1.82) is 0 Å². The van der Waals surface area contributed by atoms with Crippen molar-refractivity contribution in [2.24, 2.45) is 5.92 Å². The first-order valence-electron chi connectivity index (χ1n) is 8.30. The summed E-state index contributed by atoms with van der Waals surface area (Å²) in [5.74, 6) is -0.374. The first-order valence-corrected chi connectivity index (χ1v) is 8.68. The van der Waals surface area contributed by atoms with Gasteiger partial charge in [0.2, 0.25) is 0 Å². The molecule has 2 unspecified atom stereocenters. The molecule has 1 aliphatic rings. The van der Waals surface area contributed by atoms with Crippen molar-refractivity contribution in [3.05, 3.63) is 58.9 Å². The molecule has 2 aromatic rings. The first kappa shape index (κ1) is 17.7. The third-order valence-electron chi connectivity index (χ3n) is 4.65. The number of carboxylic acids is 1. The largest absolute Gasteiger partial charge is 0.496 e. The summed E-state index contributed by atoms with van der Waals surface area (Å²) in [6, 6.07) is 9.27. The number of rotatable bonds is 5. The number of carboxylic acid groups (broad SMARTS) is 1. The number of ether oxygens (including phenoxy) is 1. The van der Waals surface area contributed by atoms with E-state index in [2.05, 4.69) is 9.88 Å². The van der Waals surface area contributed by atoms with Crippen molar-refractivity contribution in [3.63, 3.8) is 0 Å². The number of hydrogen-bond donors (Lipinski definition) is 1. The maximum absolute atomic E-state index is 11.5. The normalized spacial score (nSPS) is 19.4. The summed E-state index contributed by atoms with van der Waals surface area (Å²) < 4.78 is 5.55. The zero-order valence-electron chi connectivity index (χ0n) is 14.1. The number of aliphatic carboxylic acids is 1. The number of aromatic nitrogens is 1. The molecule has 2 heterocycles. The Morgan fingerprint density at radius 1 is 1.44 bits per heavy atom. The lowest BCUT2D eigenvalue weighted by Gasteiger charge is -2.38. The average molecular weight is 361 g/mol. The van der Waals surface area contributed by atoms with Gasteiger partial charge in [0.25, 0.3) is 0 Å². The van der Waals surface area contributed by atoms with E-state index in [0.29, 0.717) is 18.0 Å². The van der Waals surface area contributed by atoms with Gasteiger partial charge in [-0.25, -0.2) is 0 Å². The highest BCUT2D eigenvalue weighted by Gasteiger charge is 2.32. The number of nitrogens with zero attached hydrogens (tertiary/aromatic N) is 2. The second-order valence-corrected chi connectivity index (χ2v) is 6.68. The molecule has 0 saturated carbocycles. The lowest BCUT2D eigenvalue weighted by atomic mass is 9.91. The van der Waals surface area contributed by atoms with Gasteiger partial charge in [0.1, 0.15) is 5.75 Å². The summed E-state index contributed by atoms with van der Waals surface area (Å²) in [7, 11) is 1.63. The monoisotopic (exact) mass is 360 g/mol. The molecular weight excluding hydrogens is 340 g/mol. The molecule has 1 aromatic heterocycles. The van der Waals surface area contributed by atoms with Crippen LogP contribution in [0.1, 0.15) is 30.0 Å². The van der Waals surface area contributed by atoms with Gasteiger partial charge in [0.15, 0.2) is 0 Å². The Kier molecular flexibility index (Phi) is 5.56. The van der Waals surface area contributed by atoms with Gasteiger partial charge < -0.3 is 9.84 Å². The summed E-state index contributed by atoms with van der Waals surface area (Å²) in [6.07, 6.45) is 5.09. The predicted molar refractivity (Wildman–Crippen MR) is 96.0 cm³/mol. The van der Waals surface area contributed by atoms with Crippen LogP contribution in [0.2, 0.25) is 5.02 Å². The summed E-state index contributed by atoms with van der Waals surface area (Å²) in [5.41, 5.74) is 1.92. The number of hydrogen-bond acceptors (Lipinski definition) is 4. The fraction of sp³-hybridized carbons (Fsp3) is 0.368. The Morgan fingerprint density at radius 3 is 2.96 bits per heavy atom. The van der Waals surface area contributed by atoms with E-state index in [9.17, 15) is 9.90 Å². The Hall–Kier alpha value is -2.11. The number of likely N-dealkylation sites (tertiary alicyclic amines) is 1. The van der Waals surface area contributed by atoms with Gasteiger partial charge in [-0.2, -0.15) is 0 Å². The van der Waals surface area contributed by atoms with Crippen LogP contribution in [0.25, 0.3) is 0 Å². The standard InChI is InChI=1S/C19H21ClN2O3/c1-25-17-7-6-15(20)10-16(17)18(13-4-2-8-21-11-13)22-9-3-5-14(12-22)19(23)24/h2,4,6-8,10-11,14,18H,3,5,9,12H2,1H3,(H,23,24). The minimum atomic E-state index is -0.743. The Labute approximate surface area is 152 Å². The van der Waals surface area contributed by atoms with E-state index in [-0.39, 0.29) is 12.0 Å². The number of carbonyl (C=O) groups is 1. The Bertz CT molecular complexity index is 739. The molecule has 0 aliphatic carbocycles. The third-order valence-corrected chi connectivity index (χ3v) is 4.89. The fourth-order valence-electron chi connectivity index (χ4n) is 3.49. The van der Waals surface area contributed by atoms with Crippen molar-refractivity contribution in [2.75, 3.05) is 20.2 Å². The van der Waals surface area contributed by atoms with E-state index in [1.807, 2.05) is 30.5 Å². The molecule has 6 heteroatoms. The van der Waals surface area contributed by atoms with Crippen molar-refractivity contribution >= 4 is 17.6 Å². The number of benzene rings is 1. The Morgan fingerprint density at radius 2 is 2.28 bits per heavy atom. The SMILES string of the molecule is COc1ccc(Cl)cc1C(c1cccnc1)N1CCCC(C(=O)O)C1. The van der Waals surface area contributed by atoms with E-state index in [4.69, 9.17) is 16.3 Å². The van der Waals surface area contributed by atoms with Crippen molar-refractivity contribution < 1.29 is 14.6 Å². The molecule has 132 valence electrons. The van der Waals surface area contributed by atoms with E-state index >= 15 is 0 Å². The maximum atomic E-state index is 11.5. The van der Waals surface area contributed by atoms with Gasteiger partial charge >= 0.3 is 5.97 Å². The maximum Gasteiger partial charge on any atom is 0.307 e. The van der Waals surface area contributed by atoms with Crippen LogP contribution in [0.4, 0.5) is 0 Å². The molecular formula is C19H21ClN2O3. The average Bonchev–Trinajstić information content (AvgIpc) is 2.63. The second kappa shape index (κ2) is 7.85. The fourth-order valence-corrected chi connectivity index (χ4v) is 3.67. The molecule has 3 rings (SSSR count). The molecule has 0 bridgehead atoms. The van der Waals surface area contributed by atoms with Crippen LogP contribution in [0, 0.1) is 5.92 Å². The quantitative estimate of drug-likeness (QED) is 0.882. The second-order valence-electron chi connectivity index (χ2n) is 6.25. The molecule has 1 aromatic carbocycles. The van der Waals surface area contributed by atoms with Crippen LogP contribution in [0.3, 0.4) is 0 Å². The lowest BCUT2D eigenvalue weighted by Crippen LogP contribution is -2.41. The number of piperidine rings is 1. The van der Waals surface area contributed by atoms with Crippen molar-refractivity contribution in [2.45, 2.75) is 18.9 Å². The van der Waals surface area contributed by atoms with Crippen molar-refractivity contribution in [1.82, 2.24) is 9.88 Å². The molecule has 1 N–H and O–H groups in total. The summed E-state index contributed by atoms with van der Waals surface area (Å²) in [5, 5.41) is 10.1. The predicted octanol–water partition coefficient (Wildman–Crippen LogP) is 3.63. The molecule has 0 radical (unpaired) electrons. The number of pyridine rings is 1. The van der Waals surface area contributed by atoms with Gasteiger partial charge in [-0.3, -0.25) is 14.7 Å². The summed E-state index contributed by atoms with van der Waals surface area (Å²) >= 11 is 6.24. The Balaban J connectivity index is 2.05. The molecule has 0 spiro atoms. The zero-order chi connectivity index (χ0) is 17.8. The highest BCUT2D eigenvalue weighted by Crippen LogP contribution is 2.38. The highest BCUT2D eigenvalue weighted by molar-refractivity contribution is 6.30.